The summed E-state index contributed by atoms with van der Waals surface area (Å²) in [4.78, 5) is 24.9. The lowest BCUT2D eigenvalue weighted by atomic mass is 9.84. The maximum absolute atomic E-state index is 12.7. The molecule has 144 valence electrons. The fourth-order valence-corrected chi connectivity index (χ4v) is 3.66. The molecule has 0 fully saturated rings. The molecular formula is C23H22O5. The minimum Gasteiger partial charge on any atom is -0.491 e. The van der Waals surface area contributed by atoms with E-state index >= 15 is 0 Å². The van der Waals surface area contributed by atoms with Crippen LogP contribution in [0.2, 0.25) is 0 Å². The van der Waals surface area contributed by atoms with Gasteiger partial charge >= 0.3 is 5.97 Å². The molecule has 1 atom stereocenters. The number of hydrogen-bond donors (Lipinski definition) is 0. The Bertz CT molecular complexity index is 994. The fraction of sp³-hybridized carbons (Fsp3) is 0.304. The summed E-state index contributed by atoms with van der Waals surface area (Å²) in [7, 11) is 0. The van der Waals surface area contributed by atoms with Crippen LogP contribution in [0, 0.1) is 0 Å². The van der Waals surface area contributed by atoms with Crippen molar-refractivity contribution in [1.82, 2.24) is 0 Å². The van der Waals surface area contributed by atoms with Gasteiger partial charge in [0.15, 0.2) is 5.76 Å². The maximum Gasteiger partial charge on any atom is 0.312 e. The van der Waals surface area contributed by atoms with Crippen molar-refractivity contribution >= 4 is 11.8 Å². The summed E-state index contributed by atoms with van der Waals surface area (Å²) in [5, 5.41) is 0. The summed E-state index contributed by atoms with van der Waals surface area (Å²) in [5.41, 5.74) is 3.02. The van der Waals surface area contributed by atoms with Crippen LogP contribution in [0.4, 0.5) is 0 Å². The van der Waals surface area contributed by atoms with Crippen LogP contribution < -0.4 is 14.2 Å². The molecule has 2 aromatic carbocycles. The Hall–Kier alpha value is -3.08. The van der Waals surface area contributed by atoms with E-state index in [4.69, 9.17) is 14.2 Å². The molecular weight excluding hydrogens is 356 g/mol. The molecule has 0 spiro atoms. The van der Waals surface area contributed by atoms with E-state index in [2.05, 4.69) is 0 Å². The van der Waals surface area contributed by atoms with E-state index < -0.39 is 0 Å². The predicted molar refractivity (Wildman–Crippen MR) is 104 cm³/mol. The Balaban J connectivity index is 1.80. The highest BCUT2D eigenvalue weighted by Crippen LogP contribution is 2.49. The first-order valence-electron chi connectivity index (χ1n) is 9.39. The Morgan fingerprint density at radius 3 is 2.39 bits per heavy atom. The minimum atomic E-state index is -0.299. The lowest BCUT2D eigenvalue weighted by molar-refractivity contribution is -0.135. The van der Waals surface area contributed by atoms with Gasteiger partial charge in [0, 0.05) is 11.5 Å². The molecule has 0 radical (unpaired) electrons. The lowest BCUT2D eigenvalue weighted by Gasteiger charge is -2.26. The molecule has 0 amide bonds. The van der Waals surface area contributed by atoms with E-state index in [1.54, 1.807) is 12.1 Å². The quantitative estimate of drug-likeness (QED) is 0.437. The monoisotopic (exact) mass is 378 g/mol. The number of benzene rings is 2. The van der Waals surface area contributed by atoms with Gasteiger partial charge in [-0.15, -0.1) is 0 Å². The Kier molecular flexibility index (Phi) is 4.46. The van der Waals surface area contributed by atoms with Crippen molar-refractivity contribution < 1.29 is 23.8 Å². The third kappa shape index (κ3) is 3.07. The van der Waals surface area contributed by atoms with Gasteiger partial charge in [0.25, 0.3) is 0 Å². The first-order valence-corrected chi connectivity index (χ1v) is 9.39. The van der Waals surface area contributed by atoms with Gasteiger partial charge < -0.3 is 14.2 Å². The van der Waals surface area contributed by atoms with E-state index in [0.717, 1.165) is 22.4 Å². The second kappa shape index (κ2) is 6.82. The number of allylic oxidation sites excluding steroid dienone is 2. The summed E-state index contributed by atoms with van der Waals surface area (Å²) >= 11 is 0. The Labute approximate surface area is 163 Å². The van der Waals surface area contributed by atoms with Crippen molar-refractivity contribution in [2.75, 3.05) is 0 Å². The number of ketones is 1. The van der Waals surface area contributed by atoms with E-state index in [0.29, 0.717) is 22.8 Å². The molecule has 0 unspecified atom stereocenters. The Morgan fingerprint density at radius 2 is 1.75 bits per heavy atom. The van der Waals surface area contributed by atoms with Gasteiger partial charge in [-0.2, -0.15) is 0 Å². The average Bonchev–Trinajstić information content (AvgIpc) is 2.98. The molecule has 0 N–H and O–H groups in total. The molecule has 2 aliphatic rings. The van der Waals surface area contributed by atoms with Gasteiger partial charge in [0.1, 0.15) is 17.2 Å². The lowest BCUT2D eigenvalue weighted by Crippen LogP contribution is -2.21. The second-order valence-electron chi connectivity index (χ2n) is 7.58. The topological polar surface area (TPSA) is 61.8 Å². The van der Waals surface area contributed by atoms with Gasteiger partial charge in [-0.1, -0.05) is 12.1 Å². The maximum atomic E-state index is 12.7. The highest BCUT2D eigenvalue weighted by molar-refractivity contribution is 6.13. The first kappa shape index (κ1) is 18.3. The van der Waals surface area contributed by atoms with Gasteiger partial charge in [0.2, 0.25) is 5.78 Å². The van der Waals surface area contributed by atoms with Gasteiger partial charge in [-0.25, -0.2) is 0 Å². The summed E-state index contributed by atoms with van der Waals surface area (Å²) in [6.45, 7) is 7.63. The zero-order chi connectivity index (χ0) is 20.0. The molecule has 2 heterocycles. The largest absolute Gasteiger partial charge is 0.491 e. The normalized spacial score (nSPS) is 17.8. The van der Waals surface area contributed by atoms with Crippen molar-refractivity contribution in [3.8, 4) is 17.2 Å². The van der Waals surface area contributed by atoms with E-state index in [9.17, 15) is 9.59 Å². The molecule has 2 aliphatic heterocycles. The fourth-order valence-electron chi connectivity index (χ4n) is 3.66. The molecule has 0 aliphatic carbocycles. The highest BCUT2D eigenvalue weighted by Gasteiger charge is 2.38. The van der Waals surface area contributed by atoms with Crippen LogP contribution in [-0.2, 0) is 4.79 Å². The number of carbonyl (C=O) groups excluding carboxylic acids is 2. The number of rotatable bonds is 3. The van der Waals surface area contributed by atoms with Gasteiger partial charge in [-0.05, 0) is 63.1 Å². The zero-order valence-corrected chi connectivity index (χ0v) is 16.4. The van der Waals surface area contributed by atoms with E-state index in [1.165, 1.54) is 0 Å². The van der Waals surface area contributed by atoms with Crippen LogP contribution in [0.5, 0.6) is 17.2 Å². The second-order valence-corrected chi connectivity index (χ2v) is 7.58. The summed E-state index contributed by atoms with van der Waals surface area (Å²) in [5.74, 6) is 1.39. The average molecular weight is 378 g/mol. The summed E-state index contributed by atoms with van der Waals surface area (Å²) in [6.07, 6.45) is 0.275. The van der Waals surface area contributed by atoms with Crippen molar-refractivity contribution in [3.63, 3.8) is 0 Å². The van der Waals surface area contributed by atoms with Crippen molar-refractivity contribution in [1.29, 1.82) is 0 Å². The van der Waals surface area contributed by atoms with E-state index in [1.807, 2.05) is 52.0 Å². The van der Waals surface area contributed by atoms with Gasteiger partial charge in [0.05, 0.1) is 18.1 Å². The molecule has 28 heavy (non-hydrogen) atoms. The highest BCUT2D eigenvalue weighted by atomic mass is 16.5. The third-order valence-electron chi connectivity index (χ3n) is 4.86. The third-order valence-corrected chi connectivity index (χ3v) is 4.86. The number of carbonyl (C=O) groups is 2. The predicted octanol–water partition coefficient (Wildman–Crippen LogP) is 4.78. The van der Waals surface area contributed by atoms with Gasteiger partial charge in [-0.3, -0.25) is 9.59 Å². The van der Waals surface area contributed by atoms with Crippen molar-refractivity contribution in [3.05, 3.63) is 64.4 Å². The Morgan fingerprint density at radius 1 is 1.04 bits per heavy atom. The molecule has 0 bridgehead atoms. The minimum absolute atomic E-state index is 0.0846. The van der Waals surface area contributed by atoms with Crippen molar-refractivity contribution in [2.45, 2.75) is 46.1 Å². The van der Waals surface area contributed by atoms with E-state index in [-0.39, 0.29) is 30.2 Å². The van der Waals surface area contributed by atoms with Crippen LogP contribution >= 0.6 is 0 Å². The van der Waals surface area contributed by atoms with Crippen molar-refractivity contribution in [2.24, 2.45) is 0 Å². The standard InChI is InChI=1S/C23H22O5/c1-12(2)22-21(25)16-9-10-18-20(23(16)28-22)17(11-19(24)27-18)14-5-7-15(8-6-14)26-13(3)4/h5-10,13,17H,11H2,1-4H3/t17-/m1/s1. The molecule has 2 aromatic rings. The number of Topliss-reactive ketones (excluding diaryl/α,β-unsaturated/α-hetero) is 1. The van der Waals surface area contributed by atoms with Crippen LogP contribution in [0.3, 0.4) is 0 Å². The van der Waals surface area contributed by atoms with Crippen LogP contribution in [0.25, 0.3) is 0 Å². The number of hydrogen-bond acceptors (Lipinski definition) is 5. The first-order chi connectivity index (χ1) is 13.3. The molecule has 0 saturated heterocycles. The number of ether oxygens (including phenoxy) is 3. The summed E-state index contributed by atoms with van der Waals surface area (Å²) < 4.78 is 17.1. The molecule has 4 rings (SSSR count). The molecule has 0 aromatic heterocycles. The van der Waals surface area contributed by atoms with Crippen LogP contribution in [0.1, 0.15) is 61.5 Å². The molecule has 5 heteroatoms. The summed E-state index contributed by atoms with van der Waals surface area (Å²) in [6, 6.07) is 11.0. The smallest absolute Gasteiger partial charge is 0.312 e. The molecule has 0 saturated carbocycles. The van der Waals surface area contributed by atoms with Crippen LogP contribution in [-0.4, -0.2) is 17.9 Å². The number of esters is 1. The molecule has 5 nitrogen and oxygen atoms in total. The SMILES string of the molecule is CC(C)=C1Oc2c(ccc3c2[C@@H](c2ccc(OC(C)C)cc2)CC(=O)O3)C1=O. The number of fused-ring (bicyclic) bond motifs is 3. The van der Waals surface area contributed by atoms with Crippen LogP contribution in [0.15, 0.2) is 47.7 Å². The zero-order valence-electron chi connectivity index (χ0n) is 16.4.